The summed E-state index contributed by atoms with van der Waals surface area (Å²) in [6, 6.07) is 0. The number of carbonyl (C=O) groups is 3. The number of carbonyl (C=O) groups excluding carboxylic acids is 3. The number of aliphatic hydroxyl groups is 2. The van der Waals surface area contributed by atoms with Crippen molar-refractivity contribution in [1.29, 1.82) is 0 Å². The standard InChI is InChI=1S/C71H124O16P2/c1-4-7-10-13-16-19-22-24-26-28-29-30-31-32-33-34-35-37-39-40-43-45-48-51-54-57-69(74)81-60-66(72)61-83-88(77,78)84-62-67(73)63-85-89(79,80)86-65-68(87-71(76)59-56-53-50-47-42-21-18-15-12-9-6-3)64-82-70(75)58-55-52-49-46-44-41-38-36-27-25-23-20-17-14-11-8-5-2/h7-8,10-11,16-17,19-20,24-27,29-30,32-33,66-68,72-73H,4-6,9,12-15,18,21-23,28,31,34-65H2,1-3H3,(H,77,78)(H,79,80)/b10-7-,11-8-,19-16-,20-17-,26-24-,27-25-,30-29-,33-32-. The van der Waals surface area contributed by atoms with E-state index in [1.54, 1.807) is 0 Å². The Morgan fingerprint density at radius 3 is 0.944 bits per heavy atom. The molecule has 0 aromatic rings. The summed E-state index contributed by atoms with van der Waals surface area (Å²) in [5.74, 6) is -1.59. The van der Waals surface area contributed by atoms with Gasteiger partial charge in [-0.2, -0.15) is 0 Å². The Bertz CT molecular complexity index is 2010. The van der Waals surface area contributed by atoms with Gasteiger partial charge >= 0.3 is 33.6 Å². The first kappa shape index (κ1) is 85.5. The topological polar surface area (TPSA) is 231 Å². The Kier molecular flexibility index (Phi) is 62.0. The normalized spacial score (nSPS) is 14.8. The maximum atomic E-state index is 12.9. The van der Waals surface area contributed by atoms with E-state index in [1.807, 2.05) is 0 Å². The van der Waals surface area contributed by atoms with Crippen molar-refractivity contribution in [1.82, 2.24) is 0 Å². The fourth-order valence-electron chi connectivity index (χ4n) is 9.08. The number of phosphoric acid groups is 2. The van der Waals surface area contributed by atoms with Crippen molar-refractivity contribution in [2.45, 2.75) is 296 Å². The summed E-state index contributed by atoms with van der Waals surface area (Å²) in [6.07, 6.45) is 70.4. The fourth-order valence-corrected chi connectivity index (χ4v) is 10.7. The van der Waals surface area contributed by atoms with Crippen LogP contribution in [-0.2, 0) is 55.8 Å². The molecule has 0 spiro atoms. The van der Waals surface area contributed by atoms with Crippen molar-refractivity contribution in [2.75, 3.05) is 39.6 Å². The molecule has 0 heterocycles. The van der Waals surface area contributed by atoms with Crippen molar-refractivity contribution in [3.8, 4) is 0 Å². The van der Waals surface area contributed by atoms with Crippen molar-refractivity contribution in [2.24, 2.45) is 0 Å². The molecule has 16 nitrogen and oxygen atoms in total. The Balaban J connectivity index is 4.51. The molecule has 514 valence electrons. The predicted octanol–water partition coefficient (Wildman–Crippen LogP) is 19.1. The third-order valence-electron chi connectivity index (χ3n) is 14.3. The molecule has 5 unspecified atom stereocenters. The number of rotatable bonds is 65. The quantitative estimate of drug-likeness (QED) is 0.0146. The number of ether oxygens (including phenoxy) is 3. The van der Waals surface area contributed by atoms with E-state index in [9.17, 15) is 43.5 Å². The summed E-state index contributed by atoms with van der Waals surface area (Å²) < 4.78 is 60.8. The molecule has 0 aliphatic heterocycles. The highest BCUT2D eigenvalue weighted by molar-refractivity contribution is 7.47. The minimum Gasteiger partial charge on any atom is -0.463 e. The van der Waals surface area contributed by atoms with E-state index in [0.717, 1.165) is 154 Å². The van der Waals surface area contributed by atoms with Gasteiger partial charge in [-0.1, -0.05) is 259 Å². The summed E-state index contributed by atoms with van der Waals surface area (Å²) in [7, 11) is -9.77. The van der Waals surface area contributed by atoms with Gasteiger partial charge < -0.3 is 34.2 Å². The van der Waals surface area contributed by atoms with E-state index in [0.29, 0.717) is 19.3 Å². The summed E-state index contributed by atoms with van der Waals surface area (Å²) in [5.41, 5.74) is 0. The lowest BCUT2D eigenvalue weighted by Gasteiger charge is -2.21. The van der Waals surface area contributed by atoms with Gasteiger partial charge in [0.15, 0.2) is 6.10 Å². The molecule has 0 radical (unpaired) electrons. The summed E-state index contributed by atoms with van der Waals surface area (Å²) >= 11 is 0. The zero-order valence-corrected chi connectivity index (χ0v) is 57.4. The Morgan fingerprint density at radius 1 is 0.326 bits per heavy atom. The minimum absolute atomic E-state index is 0.105. The Hall–Kier alpha value is -3.53. The maximum Gasteiger partial charge on any atom is 0.472 e. The smallest absolute Gasteiger partial charge is 0.463 e. The van der Waals surface area contributed by atoms with E-state index in [-0.39, 0.29) is 19.3 Å². The number of esters is 3. The first-order valence-corrected chi connectivity index (χ1v) is 37.5. The highest BCUT2D eigenvalue weighted by atomic mass is 31.2. The number of hydrogen-bond acceptors (Lipinski definition) is 14. The van der Waals surface area contributed by atoms with Gasteiger partial charge in [-0.3, -0.25) is 32.5 Å². The molecule has 0 rings (SSSR count). The summed E-state index contributed by atoms with van der Waals surface area (Å²) in [6.45, 7) is 2.43. The zero-order valence-electron chi connectivity index (χ0n) is 55.6. The third-order valence-corrected chi connectivity index (χ3v) is 16.2. The van der Waals surface area contributed by atoms with Crippen molar-refractivity contribution in [3.63, 3.8) is 0 Å². The van der Waals surface area contributed by atoms with Crippen LogP contribution in [0.4, 0.5) is 0 Å². The number of phosphoric ester groups is 2. The average Bonchev–Trinajstić information content (AvgIpc) is 3.52. The predicted molar refractivity (Wildman–Crippen MR) is 362 cm³/mol. The van der Waals surface area contributed by atoms with Gasteiger partial charge in [0, 0.05) is 19.3 Å². The molecule has 0 bridgehead atoms. The molecule has 18 heteroatoms. The molecular formula is C71H124O16P2. The van der Waals surface area contributed by atoms with Gasteiger partial charge in [-0.25, -0.2) is 9.13 Å². The van der Waals surface area contributed by atoms with Gasteiger partial charge in [0.25, 0.3) is 0 Å². The first-order valence-electron chi connectivity index (χ1n) is 34.5. The highest BCUT2D eigenvalue weighted by Gasteiger charge is 2.29. The molecule has 0 aliphatic carbocycles. The Morgan fingerprint density at radius 2 is 0.596 bits per heavy atom. The van der Waals surface area contributed by atoms with Gasteiger partial charge in [0.2, 0.25) is 0 Å². The molecule has 0 saturated carbocycles. The van der Waals surface area contributed by atoms with Crippen molar-refractivity contribution < 1.29 is 75.8 Å². The van der Waals surface area contributed by atoms with Crippen molar-refractivity contribution in [3.05, 3.63) is 97.2 Å². The second-order valence-electron chi connectivity index (χ2n) is 22.9. The summed E-state index contributed by atoms with van der Waals surface area (Å²) in [4.78, 5) is 58.3. The largest absolute Gasteiger partial charge is 0.472 e. The lowest BCUT2D eigenvalue weighted by Crippen LogP contribution is -2.30. The van der Waals surface area contributed by atoms with E-state index < -0.39 is 91.5 Å². The fraction of sp³-hybridized carbons (Fsp3) is 0.732. The molecule has 0 amide bonds. The van der Waals surface area contributed by atoms with Gasteiger partial charge in [-0.05, 0) is 96.3 Å². The van der Waals surface area contributed by atoms with Gasteiger partial charge in [-0.15, -0.1) is 0 Å². The SMILES string of the molecule is CC/C=C\C/C=C\C/C=C\C/C=C\C/C=C\CCCCCCCCCCCC(=O)OCC(O)COP(=O)(O)OCC(O)COP(=O)(O)OCC(COC(=O)CCCCCCCCC/C=C\C/C=C\C/C=C\CC)OC(=O)CCCCCCCCCCCCC. The minimum atomic E-state index is -4.92. The number of unbranched alkanes of at least 4 members (excludes halogenated alkanes) is 26. The molecule has 0 aromatic heterocycles. The van der Waals surface area contributed by atoms with Crippen molar-refractivity contribution >= 4 is 33.6 Å². The molecule has 4 N–H and O–H groups in total. The van der Waals surface area contributed by atoms with Crippen LogP contribution in [0.5, 0.6) is 0 Å². The second kappa shape index (κ2) is 64.6. The molecule has 0 saturated heterocycles. The number of aliphatic hydroxyl groups excluding tert-OH is 2. The van der Waals surface area contributed by atoms with Gasteiger partial charge in [0.05, 0.1) is 26.4 Å². The monoisotopic (exact) mass is 1290 g/mol. The van der Waals surface area contributed by atoms with E-state index in [4.69, 9.17) is 32.3 Å². The van der Waals surface area contributed by atoms with Crippen LogP contribution in [0.1, 0.15) is 278 Å². The van der Waals surface area contributed by atoms with Crippen LogP contribution in [0.2, 0.25) is 0 Å². The van der Waals surface area contributed by atoms with E-state index >= 15 is 0 Å². The first-order chi connectivity index (χ1) is 43.2. The van der Waals surface area contributed by atoms with Crippen LogP contribution in [-0.4, -0.2) is 95.9 Å². The third kappa shape index (κ3) is 65.8. The van der Waals surface area contributed by atoms with Gasteiger partial charge in [0.1, 0.15) is 25.4 Å². The molecule has 5 atom stereocenters. The van der Waals surface area contributed by atoms with Crippen LogP contribution >= 0.6 is 15.6 Å². The zero-order chi connectivity index (χ0) is 65.3. The van der Waals surface area contributed by atoms with E-state index in [1.165, 1.54) is 64.2 Å². The molecule has 0 aromatic carbocycles. The highest BCUT2D eigenvalue weighted by Crippen LogP contribution is 2.45. The Labute approximate surface area is 539 Å². The van der Waals surface area contributed by atoms with E-state index in [2.05, 4.69) is 118 Å². The van der Waals surface area contributed by atoms with Crippen LogP contribution < -0.4 is 0 Å². The molecule has 0 aliphatic rings. The summed E-state index contributed by atoms with van der Waals surface area (Å²) in [5, 5.41) is 20.5. The van der Waals surface area contributed by atoms with Crippen LogP contribution in [0.25, 0.3) is 0 Å². The molecular weight excluding hydrogens is 1170 g/mol. The lowest BCUT2D eigenvalue weighted by atomic mass is 10.1. The second-order valence-corrected chi connectivity index (χ2v) is 25.8. The molecule has 0 fully saturated rings. The average molecular weight is 1300 g/mol. The van der Waals surface area contributed by atoms with Crippen LogP contribution in [0.15, 0.2) is 97.2 Å². The van der Waals surface area contributed by atoms with Crippen LogP contribution in [0.3, 0.4) is 0 Å². The van der Waals surface area contributed by atoms with Crippen LogP contribution in [0, 0.1) is 0 Å². The molecule has 89 heavy (non-hydrogen) atoms. The number of allylic oxidation sites excluding steroid dienone is 16. The number of hydrogen-bond donors (Lipinski definition) is 4. The maximum absolute atomic E-state index is 12.9. The lowest BCUT2D eigenvalue weighted by molar-refractivity contribution is -0.161.